The number of thioether (sulfide) groups is 1. The van der Waals surface area contributed by atoms with Crippen LogP contribution in [0.4, 0.5) is 0 Å². The fraction of sp³-hybridized carbons (Fsp3) is 0.619. The molecule has 2 rings (SSSR count). The molecule has 144 valence electrons. The second kappa shape index (κ2) is 10.1. The second-order valence-corrected chi connectivity index (χ2v) is 8.67. The summed E-state index contributed by atoms with van der Waals surface area (Å²) in [5.74, 6) is 0.292. The highest BCUT2D eigenvalue weighted by atomic mass is 32.2. The van der Waals surface area contributed by atoms with E-state index in [9.17, 15) is 14.7 Å². The number of hydrogen-bond donors (Lipinski definition) is 2. The number of unbranched alkanes of at least 4 members (excludes halogenated alkanes) is 3. The van der Waals surface area contributed by atoms with Crippen molar-refractivity contribution in [3.8, 4) is 0 Å². The van der Waals surface area contributed by atoms with E-state index in [4.69, 9.17) is 5.11 Å². The van der Waals surface area contributed by atoms with E-state index in [2.05, 4.69) is 0 Å². The molecule has 1 aromatic rings. The van der Waals surface area contributed by atoms with Crippen molar-refractivity contribution in [2.45, 2.75) is 69.1 Å². The number of benzene rings is 1. The maximum Gasteiger partial charge on any atom is 0.303 e. The van der Waals surface area contributed by atoms with Gasteiger partial charge >= 0.3 is 5.97 Å². The largest absolute Gasteiger partial charge is 0.481 e. The van der Waals surface area contributed by atoms with Crippen LogP contribution < -0.4 is 0 Å². The predicted molar refractivity (Wildman–Crippen MR) is 105 cm³/mol. The number of carbonyl (C=O) groups excluding carboxylic acids is 1. The number of carboxylic acid groups (broad SMARTS) is 1. The van der Waals surface area contributed by atoms with Gasteiger partial charge in [-0.05, 0) is 31.7 Å². The van der Waals surface area contributed by atoms with Crippen molar-refractivity contribution < 1.29 is 19.8 Å². The van der Waals surface area contributed by atoms with Crippen molar-refractivity contribution in [2.75, 3.05) is 5.75 Å². The normalized spacial score (nSPS) is 22.3. The Balaban J connectivity index is 1.77. The fourth-order valence-electron chi connectivity index (χ4n) is 3.57. The topological polar surface area (TPSA) is 74.6 Å². The van der Waals surface area contributed by atoms with E-state index < -0.39 is 11.6 Å². The molecule has 1 fully saturated rings. The highest BCUT2D eigenvalue weighted by Crippen LogP contribution is 2.38. The third-order valence-corrected chi connectivity index (χ3v) is 6.89. The smallest absolute Gasteiger partial charge is 0.303 e. The lowest BCUT2D eigenvalue weighted by Gasteiger charge is -2.26. The molecule has 2 N–H and O–H groups in total. The first-order valence-corrected chi connectivity index (χ1v) is 10.6. The Kier molecular flexibility index (Phi) is 8.16. The molecule has 26 heavy (non-hydrogen) atoms. The summed E-state index contributed by atoms with van der Waals surface area (Å²) in [6, 6.07) is 9.68. The molecule has 0 aliphatic heterocycles. The van der Waals surface area contributed by atoms with E-state index in [-0.39, 0.29) is 17.6 Å². The summed E-state index contributed by atoms with van der Waals surface area (Å²) in [5, 5.41) is 19.7. The molecule has 0 heterocycles. The molecule has 0 aromatic heterocycles. The van der Waals surface area contributed by atoms with Gasteiger partial charge in [0, 0.05) is 29.8 Å². The van der Waals surface area contributed by atoms with Crippen LogP contribution in [0.25, 0.3) is 0 Å². The van der Waals surface area contributed by atoms with E-state index in [0.717, 1.165) is 37.7 Å². The highest BCUT2D eigenvalue weighted by molar-refractivity contribution is 8.00. The van der Waals surface area contributed by atoms with Crippen LogP contribution >= 0.6 is 11.8 Å². The molecule has 1 saturated carbocycles. The van der Waals surface area contributed by atoms with Crippen molar-refractivity contribution in [2.24, 2.45) is 5.92 Å². The Hall–Kier alpha value is -1.33. The van der Waals surface area contributed by atoms with E-state index in [1.807, 2.05) is 37.3 Å². The van der Waals surface area contributed by atoms with Gasteiger partial charge in [0.25, 0.3) is 0 Å². The molecule has 3 atom stereocenters. The summed E-state index contributed by atoms with van der Waals surface area (Å²) in [4.78, 5) is 22.7. The first kappa shape index (κ1) is 21.0. The third kappa shape index (κ3) is 6.44. The molecule has 4 nitrogen and oxygen atoms in total. The molecule has 0 amide bonds. The zero-order chi connectivity index (χ0) is 19.0. The third-order valence-electron chi connectivity index (χ3n) is 5.17. The SMILES string of the molecule is CC(O)(CSC1CCC(=O)C1CCCCCCC(=O)O)c1ccccc1. The van der Waals surface area contributed by atoms with Crippen LogP contribution in [0.15, 0.2) is 30.3 Å². The molecule has 1 aromatic carbocycles. The van der Waals surface area contributed by atoms with E-state index in [1.165, 1.54) is 0 Å². The summed E-state index contributed by atoms with van der Waals surface area (Å²) in [7, 11) is 0. The number of aliphatic hydroxyl groups is 1. The Bertz CT molecular complexity index is 585. The van der Waals surface area contributed by atoms with E-state index >= 15 is 0 Å². The zero-order valence-corrected chi connectivity index (χ0v) is 16.3. The molecular formula is C21H30O4S. The minimum absolute atomic E-state index is 0.0889. The van der Waals surface area contributed by atoms with Crippen molar-refractivity contribution in [3.63, 3.8) is 0 Å². The maximum absolute atomic E-state index is 12.2. The van der Waals surface area contributed by atoms with Gasteiger partial charge in [-0.15, -0.1) is 0 Å². The molecule has 3 unspecified atom stereocenters. The van der Waals surface area contributed by atoms with Gasteiger partial charge in [0.1, 0.15) is 5.78 Å². The molecule has 0 saturated heterocycles. The molecule has 1 aliphatic rings. The summed E-state index contributed by atoms with van der Waals surface area (Å²) in [6.07, 6.45) is 6.25. The summed E-state index contributed by atoms with van der Waals surface area (Å²) >= 11 is 1.72. The van der Waals surface area contributed by atoms with Crippen LogP contribution in [0.1, 0.15) is 63.9 Å². The van der Waals surface area contributed by atoms with Crippen molar-refractivity contribution in [1.82, 2.24) is 0 Å². The van der Waals surface area contributed by atoms with Gasteiger partial charge in [-0.25, -0.2) is 0 Å². The average molecular weight is 379 g/mol. The molecular weight excluding hydrogens is 348 g/mol. The minimum atomic E-state index is -0.890. The molecule has 0 radical (unpaired) electrons. The fourth-order valence-corrected chi connectivity index (χ4v) is 5.08. The lowest BCUT2D eigenvalue weighted by atomic mass is 9.98. The van der Waals surface area contributed by atoms with Gasteiger partial charge in [0.15, 0.2) is 0 Å². The predicted octanol–water partition coefficient (Wildman–Crippen LogP) is 4.40. The average Bonchev–Trinajstić information content (AvgIpc) is 2.97. The first-order chi connectivity index (χ1) is 12.4. The van der Waals surface area contributed by atoms with Gasteiger partial charge in [0.05, 0.1) is 5.60 Å². The number of aliphatic carboxylic acids is 1. The number of ketones is 1. The van der Waals surface area contributed by atoms with Crippen LogP contribution in [-0.4, -0.2) is 33.0 Å². The van der Waals surface area contributed by atoms with Crippen LogP contribution in [0, 0.1) is 5.92 Å². The molecule has 0 spiro atoms. The van der Waals surface area contributed by atoms with Crippen LogP contribution in [0.3, 0.4) is 0 Å². The van der Waals surface area contributed by atoms with Crippen LogP contribution in [-0.2, 0) is 15.2 Å². The monoisotopic (exact) mass is 378 g/mol. The summed E-state index contributed by atoms with van der Waals surface area (Å²) in [6.45, 7) is 1.84. The summed E-state index contributed by atoms with van der Waals surface area (Å²) in [5.41, 5.74) is 0.0191. The Morgan fingerprint density at radius 3 is 2.58 bits per heavy atom. The van der Waals surface area contributed by atoms with Crippen LogP contribution in [0.2, 0.25) is 0 Å². The number of Topliss-reactive ketones (excluding diaryl/α,β-unsaturated/α-hetero) is 1. The van der Waals surface area contributed by atoms with Crippen molar-refractivity contribution in [1.29, 1.82) is 0 Å². The Morgan fingerprint density at radius 2 is 1.88 bits per heavy atom. The summed E-state index contributed by atoms with van der Waals surface area (Å²) < 4.78 is 0. The van der Waals surface area contributed by atoms with E-state index in [1.54, 1.807) is 11.8 Å². The maximum atomic E-state index is 12.2. The van der Waals surface area contributed by atoms with Gasteiger partial charge < -0.3 is 10.2 Å². The Morgan fingerprint density at radius 1 is 1.19 bits per heavy atom. The molecule has 1 aliphatic carbocycles. The van der Waals surface area contributed by atoms with Crippen molar-refractivity contribution in [3.05, 3.63) is 35.9 Å². The van der Waals surface area contributed by atoms with E-state index in [0.29, 0.717) is 24.4 Å². The van der Waals surface area contributed by atoms with Crippen molar-refractivity contribution >= 4 is 23.5 Å². The Labute approximate surface area is 160 Å². The van der Waals surface area contributed by atoms with Crippen LogP contribution in [0.5, 0.6) is 0 Å². The first-order valence-electron chi connectivity index (χ1n) is 9.54. The number of carboxylic acids is 1. The molecule has 0 bridgehead atoms. The number of carbonyl (C=O) groups is 2. The van der Waals surface area contributed by atoms with Gasteiger partial charge in [-0.1, -0.05) is 49.6 Å². The second-order valence-electron chi connectivity index (χ2n) is 7.45. The molecule has 5 heteroatoms. The highest BCUT2D eigenvalue weighted by Gasteiger charge is 2.36. The number of rotatable bonds is 11. The standard InChI is InChI=1S/C21H30O4S/c1-21(25,16-9-5-4-6-10-16)15-26-19-14-13-18(22)17(19)11-7-2-3-8-12-20(23)24/h4-6,9-10,17,19,25H,2-3,7-8,11-15H2,1H3,(H,23,24). The minimum Gasteiger partial charge on any atom is -0.481 e. The van der Waals surface area contributed by atoms with Gasteiger partial charge in [-0.3, -0.25) is 9.59 Å². The number of hydrogen-bond acceptors (Lipinski definition) is 4. The lowest BCUT2D eigenvalue weighted by molar-refractivity contribution is -0.137. The van der Waals surface area contributed by atoms with Gasteiger partial charge in [0.2, 0.25) is 0 Å². The van der Waals surface area contributed by atoms with Gasteiger partial charge in [-0.2, -0.15) is 11.8 Å². The zero-order valence-electron chi connectivity index (χ0n) is 15.5. The lowest BCUT2D eigenvalue weighted by Crippen LogP contribution is -2.27. The quantitative estimate of drug-likeness (QED) is 0.558.